The van der Waals surface area contributed by atoms with Crippen molar-refractivity contribution < 1.29 is 4.74 Å². The number of ether oxygens (including phenoxy) is 1. The molecule has 0 amide bonds. The molecule has 4 aromatic rings. The van der Waals surface area contributed by atoms with E-state index in [1.165, 1.54) is 41.6 Å². The van der Waals surface area contributed by atoms with E-state index in [9.17, 15) is 4.79 Å². The number of para-hydroxylation sites is 1. The Kier molecular flexibility index (Phi) is 5.37. The van der Waals surface area contributed by atoms with Crippen LogP contribution in [0.5, 0.6) is 5.75 Å². The minimum absolute atomic E-state index is 0.0240. The van der Waals surface area contributed by atoms with Crippen LogP contribution < -0.4 is 15.2 Å². The fraction of sp³-hybridized carbons (Fsp3) is 0.300. The zero-order chi connectivity index (χ0) is 23.1. The number of piperidine rings is 1. The number of nitrogens with one attached hydrogen (secondary N) is 1. The van der Waals surface area contributed by atoms with Crippen molar-refractivity contribution in [1.82, 2.24) is 4.98 Å². The lowest BCUT2D eigenvalue weighted by Gasteiger charge is -2.36. The van der Waals surface area contributed by atoms with Gasteiger partial charge in [-0.2, -0.15) is 0 Å². The fourth-order valence-corrected chi connectivity index (χ4v) is 5.95. The number of hydrogen-bond acceptors (Lipinski definition) is 3. The summed E-state index contributed by atoms with van der Waals surface area (Å²) in [4.78, 5) is 18.9. The minimum atomic E-state index is -0.0240. The van der Waals surface area contributed by atoms with Crippen LogP contribution in [0.3, 0.4) is 0 Å². The lowest BCUT2D eigenvalue weighted by Crippen LogP contribution is -2.31. The summed E-state index contributed by atoms with van der Waals surface area (Å²) in [6, 6.07) is 23.0. The number of aromatic nitrogens is 1. The molecule has 1 N–H and O–H groups in total. The predicted molar refractivity (Wildman–Crippen MR) is 139 cm³/mol. The number of rotatable bonds is 4. The molecule has 0 spiro atoms. The Balaban J connectivity index is 1.64. The molecule has 1 aromatic heterocycles. The fourth-order valence-electron chi connectivity index (χ4n) is 5.95. The second kappa shape index (κ2) is 8.68. The van der Waals surface area contributed by atoms with Crippen LogP contribution in [0.4, 0.5) is 5.69 Å². The third-order valence-corrected chi connectivity index (χ3v) is 7.41. The first-order valence-corrected chi connectivity index (χ1v) is 12.5. The normalized spacial score (nSPS) is 17.3. The number of pyridine rings is 1. The Bertz CT molecular complexity index is 1420. The molecular formula is C30H30N2O2. The standard InChI is InChI=1S/C30H30N2O2/c1-2-34-26-16-10-15-23(29(26)32-17-8-3-9-18-32)25-19-20-11-4-5-12-21(20)28-27(25)22-13-6-7-14-24(22)30(33)31-28/h4-7,10-16,25H,2-3,8-9,17-19H2,1H3,(H,31,33). The third kappa shape index (κ3) is 3.40. The highest BCUT2D eigenvalue weighted by Crippen LogP contribution is 2.48. The molecule has 0 radical (unpaired) electrons. The zero-order valence-corrected chi connectivity index (χ0v) is 19.6. The molecule has 1 atom stereocenters. The Morgan fingerprint density at radius 1 is 0.912 bits per heavy atom. The maximum atomic E-state index is 13.1. The SMILES string of the molecule is CCOc1cccc(C2Cc3ccccc3-c3[nH]c(=O)c4ccccc4c32)c1N1CCCCC1. The lowest BCUT2D eigenvalue weighted by atomic mass is 9.75. The van der Waals surface area contributed by atoms with E-state index in [0.29, 0.717) is 6.61 Å². The Morgan fingerprint density at radius 3 is 2.50 bits per heavy atom. The van der Waals surface area contributed by atoms with E-state index in [1.807, 2.05) is 18.2 Å². The molecular weight excluding hydrogens is 420 g/mol. The van der Waals surface area contributed by atoms with Crippen molar-refractivity contribution in [1.29, 1.82) is 0 Å². The van der Waals surface area contributed by atoms with Gasteiger partial charge in [0.2, 0.25) is 0 Å². The van der Waals surface area contributed by atoms with Gasteiger partial charge in [-0.25, -0.2) is 0 Å². The van der Waals surface area contributed by atoms with Crippen molar-refractivity contribution in [2.45, 2.75) is 38.5 Å². The van der Waals surface area contributed by atoms with Gasteiger partial charge in [0.05, 0.1) is 18.0 Å². The summed E-state index contributed by atoms with van der Waals surface area (Å²) < 4.78 is 6.19. The number of aromatic amines is 1. The smallest absolute Gasteiger partial charge is 0.256 e. The molecule has 1 saturated heterocycles. The minimum Gasteiger partial charge on any atom is -0.492 e. The summed E-state index contributed by atoms with van der Waals surface area (Å²) >= 11 is 0. The second-order valence-electron chi connectivity index (χ2n) is 9.38. The van der Waals surface area contributed by atoms with Crippen LogP contribution in [0.15, 0.2) is 71.5 Å². The molecule has 1 aliphatic heterocycles. The summed E-state index contributed by atoms with van der Waals surface area (Å²) in [7, 11) is 0. The molecule has 2 heterocycles. The Hall–Kier alpha value is -3.53. The Labute approximate surface area is 200 Å². The molecule has 34 heavy (non-hydrogen) atoms. The molecule has 4 nitrogen and oxygen atoms in total. The van der Waals surface area contributed by atoms with Gasteiger partial charge in [0.1, 0.15) is 5.75 Å². The van der Waals surface area contributed by atoms with E-state index >= 15 is 0 Å². The van der Waals surface area contributed by atoms with E-state index in [0.717, 1.165) is 47.3 Å². The quantitative estimate of drug-likeness (QED) is 0.398. The highest BCUT2D eigenvalue weighted by Gasteiger charge is 2.32. The highest BCUT2D eigenvalue weighted by molar-refractivity contribution is 5.92. The van der Waals surface area contributed by atoms with Gasteiger partial charge >= 0.3 is 0 Å². The van der Waals surface area contributed by atoms with Gasteiger partial charge in [-0.3, -0.25) is 4.79 Å². The van der Waals surface area contributed by atoms with Gasteiger partial charge in [-0.05, 0) is 66.8 Å². The average molecular weight is 451 g/mol. The van der Waals surface area contributed by atoms with Gasteiger partial charge in [-0.1, -0.05) is 54.6 Å². The van der Waals surface area contributed by atoms with E-state index in [-0.39, 0.29) is 11.5 Å². The molecule has 4 heteroatoms. The van der Waals surface area contributed by atoms with E-state index in [4.69, 9.17) is 4.74 Å². The van der Waals surface area contributed by atoms with Gasteiger partial charge in [0.25, 0.3) is 5.56 Å². The van der Waals surface area contributed by atoms with E-state index < -0.39 is 0 Å². The molecule has 1 unspecified atom stereocenters. The Morgan fingerprint density at radius 2 is 1.68 bits per heavy atom. The van der Waals surface area contributed by atoms with Crippen molar-refractivity contribution in [3.63, 3.8) is 0 Å². The summed E-state index contributed by atoms with van der Waals surface area (Å²) in [6.07, 6.45) is 4.60. The lowest BCUT2D eigenvalue weighted by molar-refractivity contribution is 0.339. The number of anilines is 1. The van der Waals surface area contributed by atoms with Gasteiger partial charge in [-0.15, -0.1) is 0 Å². The van der Waals surface area contributed by atoms with Crippen LogP contribution >= 0.6 is 0 Å². The summed E-state index contributed by atoms with van der Waals surface area (Å²) in [5, 5.41) is 1.80. The molecule has 1 aliphatic carbocycles. The molecule has 0 bridgehead atoms. The molecule has 1 fully saturated rings. The van der Waals surface area contributed by atoms with Crippen LogP contribution in [-0.4, -0.2) is 24.7 Å². The predicted octanol–water partition coefficient (Wildman–Crippen LogP) is 6.27. The third-order valence-electron chi connectivity index (χ3n) is 7.41. The number of nitrogens with zero attached hydrogens (tertiary/aromatic N) is 1. The molecule has 2 aliphatic rings. The largest absolute Gasteiger partial charge is 0.492 e. The van der Waals surface area contributed by atoms with Crippen LogP contribution in [0.2, 0.25) is 0 Å². The molecule has 172 valence electrons. The van der Waals surface area contributed by atoms with Crippen molar-refractivity contribution in [3.05, 3.63) is 93.8 Å². The monoisotopic (exact) mass is 450 g/mol. The first-order valence-electron chi connectivity index (χ1n) is 12.5. The molecule has 0 saturated carbocycles. The van der Waals surface area contributed by atoms with E-state index in [1.54, 1.807) is 0 Å². The second-order valence-corrected chi connectivity index (χ2v) is 9.38. The zero-order valence-electron chi connectivity index (χ0n) is 19.6. The highest BCUT2D eigenvalue weighted by atomic mass is 16.5. The average Bonchev–Trinajstić information content (AvgIpc) is 2.89. The van der Waals surface area contributed by atoms with Crippen molar-refractivity contribution in [2.75, 3.05) is 24.6 Å². The number of benzene rings is 3. The van der Waals surface area contributed by atoms with Crippen molar-refractivity contribution in [3.8, 4) is 17.0 Å². The number of hydrogen-bond donors (Lipinski definition) is 1. The van der Waals surface area contributed by atoms with Gasteiger partial charge in [0.15, 0.2) is 0 Å². The van der Waals surface area contributed by atoms with Gasteiger partial charge < -0.3 is 14.6 Å². The summed E-state index contributed by atoms with van der Waals surface area (Å²) in [5.74, 6) is 1.10. The van der Waals surface area contributed by atoms with Crippen molar-refractivity contribution in [2.24, 2.45) is 0 Å². The van der Waals surface area contributed by atoms with Crippen LogP contribution in [0.1, 0.15) is 48.8 Å². The van der Waals surface area contributed by atoms with Crippen LogP contribution in [-0.2, 0) is 6.42 Å². The van der Waals surface area contributed by atoms with Crippen LogP contribution in [0, 0.1) is 0 Å². The summed E-state index contributed by atoms with van der Waals surface area (Å²) in [6.45, 7) is 4.81. The molecule has 3 aromatic carbocycles. The van der Waals surface area contributed by atoms with Crippen LogP contribution in [0.25, 0.3) is 22.0 Å². The first-order chi connectivity index (χ1) is 16.8. The number of H-pyrrole nitrogens is 1. The van der Waals surface area contributed by atoms with Gasteiger partial charge in [0, 0.05) is 30.0 Å². The molecule has 6 rings (SSSR count). The maximum Gasteiger partial charge on any atom is 0.256 e. The topological polar surface area (TPSA) is 45.3 Å². The number of fused-ring (bicyclic) bond motifs is 5. The van der Waals surface area contributed by atoms with E-state index in [2.05, 4.69) is 65.3 Å². The maximum absolute atomic E-state index is 13.1. The summed E-state index contributed by atoms with van der Waals surface area (Å²) in [5.41, 5.74) is 7.09. The first kappa shape index (κ1) is 21.0. The van der Waals surface area contributed by atoms with Crippen molar-refractivity contribution >= 4 is 16.5 Å².